The number of hydrogen-bond acceptors (Lipinski definition) is 4. The number of amides is 1. The van der Waals surface area contributed by atoms with Crippen molar-refractivity contribution in [2.45, 2.75) is 13.0 Å². The Morgan fingerprint density at radius 3 is 2.50 bits per heavy atom. The summed E-state index contributed by atoms with van der Waals surface area (Å²) >= 11 is 0. The first-order chi connectivity index (χ1) is 10.5. The molecule has 0 unspecified atom stereocenters. The Balaban J connectivity index is 2.00. The standard InChI is InChI=1S/C16H15FN2O3/c1-10(15(20)19-12-5-3-2-4-6-12)22-16(21)13-8-7-11(17)9-14(13)18/h2-10H,18H2,1H3,(H,19,20)/t10-/m0/s1. The number of carbonyl (C=O) groups is 2. The summed E-state index contributed by atoms with van der Waals surface area (Å²) < 4.78 is 18.0. The predicted octanol–water partition coefficient (Wildman–Crippen LogP) is 2.59. The highest BCUT2D eigenvalue weighted by molar-refractivity contribution is 5.99. The zero-order valence-corrected chi connectivity index (χ0v) is 11.9. The van der Waals surface area contributed by atoms with E-state index in [0.717, 1.165) is 12.1 Å². The zero-order chi connectivity index (χ0) is 16.1. The van der Waals surface area contributed by atoms with Crippen LogP contribution in [-0.2, 0) is 9.53 Å². The van der Waals surface area contributed by atoms with Crippen molar-refractivity contribution in [1.29, 1.82) is 0 Å². The van der Waals surface area contributed by atoms with Gasteiger partial charge in [0.2, 0.25) is 0 Å². The molecule has 0 aromatic heterocycles. The van der Waals surface area contributed by atoms with Crippen LogP contribution >= 0.6 is 0 Å². The first-order valence-corrected chi connectivity index (χ1v) is 6.59. The summed E-state index contributed by atoms with van der Waals surface area (Å²) in [6.07, 6.45) is -1.02. The van der Waals surface area contributed by atoms with Crippen LogP contribution in [0.4, 0.5) is 15.8 Å². The Kier molecular flexibility index (Phi) is 4.73. The molecule has 0 radical (unpaired) electrons. The van der Waals surface area contributed by atoms with Crippen molar-refractivity contribution >= 4 is 23.3 Å². The second kappa shape index (κ2) is 6.71. The zero-order valence-electron chi connectivity index (χ0n) is 11.9. The largest absolute Gasteiger partial charge is 0.449 e. The van der Waals surface area contributed by atoms with E-state index in [1.165, 1.54) is 13.0 Å². The summed E-state index contributed by atoms with van der Waals surface area (Å²) in [7, 11) is 0. The molecular weight excluding hydrogens is 287 g/mol. The van der Waals surface area contributed by atoms with E-state index in [4.69, 9.17) is 10.5 Å². The molecule has 2 rings (SSSR count). The lowest BCUT2D eigenvalue weighted by Crippen LogP contribution is -2.30. The lowest BCUT2D eigenvalue weighted by molar-refractivity contribution is -0.123. The number of para-hydroxylation sites is 1. The van der Waals surface area contributed by atoms with Crippen LogP contribution in [0.15, 0.2) is 48.5 Å². The van der Waals surface area contributed by atoms with Gasteiger partial charge < -0.3 is 15.8 Å². The van der Waals surface area contributed by atoms with Crippen LogP contribution in [0.2, 0.25) is 0 Å². The molecule has 22 heavy (non-hydrogen) atoms. The van der Waals surface area contributed by atoms with Crippen molar-refractivity contribution in [2.75, 3.05) is 11.1 Å². The van der Waals surface area contributed by atoms with Crippen molar-refractivity contribution in [3.8, 4) is 0 Å². The second-order valence-electron chi connectivity index (χ2n) is 4.63. The molecule has 2 aromatic carbocycles. The molecule has 0 bridgehead atoms. The van der Waals surface area contributed by atoms with E-state index in [9.17, 15) is 14.0 Å². The molecule has 0 heterocycles. The number of nitrogen functional groups attached to an aromatic ring is 1. The molecule has 1 atom stereocenters. The van der Waals surface area contributed by atoms with Crippen LogP contribution in [0, 0.1) is 5.82 Å². The van der Waals surface area contributed by atoms with Gasteiger partial charge in [0.15, 0.2) is 6.10 Å². The highest BCUT2D eigenvalue weighted by atomic mass is 19.1. The summed E-state index contributed by atoms with van der Waals surface area (Å²) in [4.78, 5) is 23.9. The lowest BCUT2D eigenvalue weighted by atomic mass is 10.2. The number of ether oxygens (including phenoxy) is 1. The molecular formula is C16H15FN2O3. The maximum absolute atomic E-state index is 12.9. The molecule has 114 valence electrons. The Bertz CT molecular complexity index is 689. The van der Waals surface area contributed by atoms with Gasteiger partial charge in [-0.3, -0.25) is 4.79 Å². The van der Waals surface area contributed by atoms with Crippen LogP contribution in [0.3, 0.4) is 0 Å². The third-order valence-corrected chi connectivity index (χ3v) is 2.93. The van der Waals surface area contributed by atoms with Gasteiger partial charge >= 0.3 is 5.97 Å². The van der Waals surface area contributed by atoms with Gasteiger partial charge in [-0.25, -0.2) is 9.18 Å². The van der Waals surface area contributed by atoms with Crippen LogP contribution in [-0.4, -0.2) is 18.0 Å². The third-order valence-electron chi connectivity index (χ3n) is 2.93. The number of carbonyl (C=O) groups excluding carboxylic acids is 2. The number of esters is 1. The fraction of sp³-hybridized carbons (Fsp3) is 0.125. The predicted molar refractivity (Wildman–Crippen MR) is 80.8 cm³/mol. The van der Waals surface area contributed by atoms with Crippen molar-refractivity contribution in [1.82, 2.24) is 0 Å². The molecule has 6 heteroatoms. The van der Waals surface area contributed by atoms with Gasteiger partial charge in [-0.15, -0.1) is 0 Å². The fourth-order valence-corrected chi connectivity index (χ4v) is 1.76. The Morgan fingerprint density at radius 1 is 1.18 bits per heavy atom. The van der Waals surface area contributed by atoms with Gasteiger partial charge in [-0.05, 0) is 37.3 Å². The SMILES string of the molecule is C[C@H](OC(=O)c1ccc(F)cc1N)C(=O)Nc1ccccc1. The molecule has 0 aliphatic heterocycles. The van der Waals surface area contributed by atoms with Gasteiger partial charge in [-0.1, -0.05) is 18.2 Å². The normalized spacial score (nSPS) is 11.5. The summed E-state index contributed by atoms with van der Waals surface area (Å²) in [5.41, 5.74) is 6.12. The van der Waals surface area contributed by atoms with Crippen molar-refractivity contribution < 1.29 is 18.7 Å². The Labute approximate surface area is 126 Å². The van der Waals surface area contributed by atoms with Crippen LogP contribution < -0.4 is 11.1 Å². The number of benzene rings is 2. The summed E-state index contributed by atoms with van der Waals surface area (Å²) in [6.45, 7) is 1.44. The van der Waals surface area contributed by atoms with Gasteiger partial charge in [-0.2, -0.15) is 0 Å². The summed E-state index contributed by atoms with van der Waals surface area (Å²) in [5, 5.41) is 2.61. The minimum atomic E-state index is -1.02. The molecule has 2 aromatic rings. The van der Waals surface area contributed by atoms with Crippen molar-refractivity contribution in [3.63, 3.8) is 0 Å². The minimum Gasteiger partial charge on any atom is -0.449 e. The van der Waals surface area contributed by atoms with Crippen molar-refractivity contribution in [2.24, 2.45) is 0 Å². The van der Waals surface area contributed by atoms with Crippen molar-refractivity contribution in [3.05, 3.63) is 59.9 Å². The lowest BCUT2D eigenvalue weighted by Gasteiger charge is -2.14. The minimum absolute atomic E-state index is 0.0146. The van der Waals surface area contributed by atoms with Crippen LogP contribution in [0.1, 0.15) is 17.3 Å². The summed E-state index contributed by atoms with van der Waals surface area (Å²) in [6, 6.07) is 12.1. The fourth-order valence-electron chi connectivity index (χ4n) is 1.76. The second-order valence-corrected chi connectivity index (χ2v) is 4.63. The average molecular weight is 302 g/mol. The molecule has 0 saturated heterocycles. The van der Waals surface area contributed by atoms with E-state index >= 15 is 0 Å². The van der Waals surface area contributed by atoms with Gasteiger partial charge in [0, 0.05) is 11.4 Å². The van der Waals surface area contributed by atoms with E-state index in [-0.39, 0.29) is 11.3 Å². The third kappa shape index (κ3) is 3.82. The van der Waals surface area contributed by atoms with Crippen LogP contribution in [0.5, 0.6) is 0 Å². The van der Waals surface area contributed by atoms with Gasteiger partial charge in [0.1, 0.15) is 5.82 Å². The molecule has 3 N–H and O–H groups in total. The maximum Gasteiger partial charge on any atom is 0.341 e. The number of nitrogens with one attached hydrogen (secondary N) is 1. The Morgan fingerprint density at radius 2 is 1.86 bits per heavy atom. The van der Waals surface area contributed by atoms with E-state index in [1.54, 1.807) is 24.3 Å². The number of anilines is 2. The Hall–Kier alpha value is -2.89. The average Bonchev–Trinajstić information content (AvgIpc) is 2.47. The highest BCUT2D eigenvalue weighted by Gasteiger charge is 2.20. The molecule has 0 aliphatic rings. The van der Waals surface area contributed by atoms with Crippen LogP contribution in [0.25, 0.3) is 0 Å². The number of halogens is 1. The summed E-state index contributed by atoms with van der Waals surface area (Å²) in [5.74, 6) is -1.81. The highest BCUT2D eigenvalue weighted by Crippen LogP contribution is 2.16. The quantitative estimate of drug-likeness (QED) is 0.672. The molecule has 5 nitrogen and oxygen atoms in total. The molecule has 1 amide bonds. The molecule has 0 aliphatic carbocycles. The monoisotopic (exact) mass is 302 g/mol. The molecule has 0 spiro atoms. The number of hydrogen-bond donors (Lipinski definition) is 2. The topological polar surface area (TPSA) is 81.4 Å². The van der Waals surface area contributed by atoms with E-state index in [2.05, 4.69) is 5.32 Å². The number of nitrogens with two attached hydrogens (primary N) is 1. The maximum atomic E-state index is 12.9. The first-order valence-electron chi connectivity index (χ1n) is 6.59. The van der Waals surface area contributed by atoms with E-state index < -0.39 is 23.8 Å². The molecule has 0 saturated carbocycles. The smallest absolute Gasteiger partial charge is 0.341 e. The van der Waals surface area contributed by atoms with E-state index in [1.807, 2.05) is 6.07 Å². The van der Waals surface area contributed by atoms with Gasteiger partial charge in [0.05, 0.1) is 5.56 Å². The number of rotatable bonds is 4. The van der Waals surface area contributed by atoms with Gasteiger partial charge in [0.25, 0.3) is 5.91 Å². The van der Waals surface area contributed by atoms with E-state index in [0.29, 0.717) is 5.69 Å². The molecule has 0 fully saturated rings. The first kappa shape index (κ1) is 15.5.